The second-order valence-corrected chi connectivity index (χ2v) is 7.79. The molecule has 0 aliphatic carbocycles. The molecule has 0 atom stereocenters. The lowest BCUT2D eigenvalue weighted by atomic mass is 10.1. The molecule has 0 spiro atoms. The Kier molecular flexibility index (Phi) is 5.37. The monoisotopic (exact) mass is 449 g/mol. The third-order valence-corrected chi connectivity index (χ3v) is 5.65. The van der Waals surface area contributed by atoms with Crippen molar-refractivity contribution in [1.29, 1.82) is 0 Å². The highest BCUT2D eigenvalue weighted by atomic mass is 35.5. The van der Waals surface area contributed by atoms with Crippen LogP contribution in [0.3, 0.4) is 0 Å². The van der Waals surface area contributed by atoms with Crippen LogP contribution in [0.15, 0.2) is 77.9 Å². The van der Waals surface area contributed by atoms with Gasteiger partial charge in [-0.2, -0.15) is 0 Å². The van der Waals surface area contributed by atoms with E-state index in [1.54, 1.807) is 24.4 Å². The first-order valence-electron chi connectivity index (χ1n) is 9.66. The fourth-order valence-corrected chi connectivity index (χ4v) is 3.94. The summed E-state index contributed by atoms with van der Waals surface area (Å²) in [6, 6.07) is 21.4. The van der Waals surface area contributed by atoms with Crippen LogP contribution in [0.1, 0.15) is 11.1 Å². The summed E-state index contributed by atoms with van der Waals surface area (Å²) >= 11 is 12.6. The van der Waals surface area contributed by atoms with E-state index >= 15 is 0 Å². The molecule has 5 nitrogen and oxygen atoms in total. The molecule has 0 bridgehead atoms. The Hall–Kier alpha value is -3.28. The highest BCUT2D eigenvalue weighted by Crippen LogP contribution is 2.34. The molecule has 7 heteroatoms. The van der Waals surface area contributed by atoms with E-state index in [-0.39, 0.29) is 6.79 Å². The Labute approximate surface area is 189 Å². The van der Waals surface area contributed by atoms with Crippen molar-refractivity contribution in [2.24, 2.45) is 4.99 Å². The van der Waals surface area contributed by atoms with E-state index in [0.29, 0.717) is 28.1 Å². The van der Waals surface area contributed by atoms with Crippen LogP contribution < -0.4 is 9.47 Å². The Bertz CT molecular complexity index is 1250. The molecule has 1 aliphatic heterocycles. The van der Waals surface area contributed by atoms with Gasteiger partial charge in [0.25, 0.3) is 0 Å². The van der Waals surface area contributed by atoms with Crippen molar-refractivity contribution in [3.8, 4) is 22.8 Å². The van der Waals surface area contributed by atoms with Crippen LogP contribution in [0.25, 0.3) is 11.3 Å². The van der Waals surface area contributed by atoms with Gasteiger partial charge < -0.3 is 14.0 Å². The van der Waals surface area contributed by atoms with Crippen molar-refractivity contribution in [1.82, 2.24) is 9.55 Å². The van der Waals surface area contributed by atoms with Crippen LogP contribution in [0.4, 0.5) is 5.95 Å². The number of ether oxygens (including phenoxy) is 2. The van der Waals surface area contributed by atoms with Gasteiger partial charge in [0, 0.05) is 11.8 Å². The fraction of sp³-hybridized carbons (Fsp3) is 0.0833. The molecule has 2 heterocycles. The SMILES string of the molecule is Clc1cccc(Cl)c1C=Nc1ncc(-c2ccccc2)n1Cc1ccc2c(c1)OCO2. The first-order chi connectivity index (χ1) is 15.2. The molecular weight excluding hydrogens is 433 g/mol. The van der Waals surface area contributed by atoms with Crippen LogP contribution in [0.5, 0.6) is 11.5 Å². The van der Waals surface area contributed by atoms with Crippen molar-refractivity contribution in [2.45, 2.75) is 6.54 Å². The standard InChI is InChI=1S/C24H17Cl2N3O2/c25-19-7-4-8-20(26)18(19)12-27-24-28-13-21(17-5-2-1-3-6-17)29(24)14-16-9-10-22-23(11-16)31-15-30-22/h1-13H,14-15H2. The minimum absolute atomic E-state index is 0.243. The number of hydrogen-bond acceptors (Lipinski definition) is 4. The largest absolute Gasteiger partial charge is 0.454 e. The summed E-state index contributed by atoms with van der Waals surface area (Å²) < 4.78 is 13.0. The highest BCUT2D eigenvalue weighted by Gasteiger charge is 2.16. The second kappa shape index (κ2) is 8.46. The lowest BCUT2D eigenvalue weighted by Crippen LogP contribution is -2.02. The minimum Gasteiger partial charge on any atom is -0.454 e. The van der Waals surface area contributed by atoms with Crippen molar-refractivity contribution >= 4 is 35.4 Å². The Morgan fingerprint density at radius 1 is 0.935 bits per heavy atom. The van der Waals surface area contributed by atoms with Gasteiger partial charge in [0.15, 0.2) is 11.5 Å². The normalized spacial score (nSPS) is 12.6. The third kappa shape index (κ3) is 4.02. The van der Waals surface area contributed by atoms with Gasteiger partial charge in [0.1, 0.15) is 0 Å². The quantitative estimate of drug-likeness (QED) is 0.332. The van der Waals surface area contributed by atoms with Crippen LogP contribution in [0.2, 0.25) is 10.0 Å². The zero-order chi connectivity index (χ0) is 21.2. The van der Waals surface area contributed by atoms with Gasteiger partial charge in [-0.1, -0.05) is 65.7 Å². The Morgan fingerprint density at radius 2 is 1.71 bits per heavy atom. The molecule has 0 saturated carbocycles. The van der Waals surface area contributed by atoms with E-state index in [9.17, 15) is 0 Å². The molecule has 3 aromatic carbocycles. The summed E-state index contributed by atoms with van der Waals surface area (Å²) in [5.74, 6) is 2.04. The maximum Gasteiger partial charge on any atom is 0.231 e. The molecule has 0 radical (unpaired) electrons. The smallest absolute Gasteiger partial charge is 0.231 e. The third-order valence-electron chi connectivity index (χ3n) is 4.99. The number of aliphatic imine (C=N–C) groups is 1. The Balaban J connectivity index is 1.55. The van der Waals surface area contributed by atoms with E-state index in [0.717, 1.165) is 28.3 Å². The predicted molar refractivity (Wildman–Crippen MR) is 123 cm³/mol. The average Bonchev–Trinajstić information content (AvgIpc) is 3.41. The number of nitrogens with zero attached hydrogens (tertiary/aromatic N) is 3. The molecular formula is C24H17Cl2N3O2. The maximum atomic E-state index is 6.29. The van der Waals surface area contributed by atoms with E-state index in [1.165, 1.54) is 0 Å². The van der Waals surface area contributed by atoms with Crippen molar-refractivity contribution in [3.05, 3.63) is 94.1 Å². The highest BCUT2D eigenvalue weighted by molar-refractivity contribution is 6.38. The molecule has 154 valence electrons. The summed E-state index contributed by atoms with van der Waals surface area (Å²) in [6.07, 6.45) is 3.47. The van der Waals surface area contributed by atoms with Crippen LogP contribution in [0, 0.1) is 0 Å². The number of rotatable bonds is 5. The van der Waals surface area contributed by atoms with E-state index in [4.69, 9.17) is 32.7 Å². The van der Waals surface area contributed by atoms with Gasteiger partial charge in [-0.3, -0.25) is 0 Å². The molecule has 0 N–H and O–H groups in total. The minimum atomic E-state index is 0.243. The average molecular weight is 450 g/mol. The lowest BCUT2D eigenvalue weighted by Gasteiger charge is -2.11. The van der Waals surface area contributed by atoms with E-state index < -0.39 is 0 Å². The fourth-order valence-electron chi connectivity index (χ4n) is 3.44. The summed E-state index contributed by atoms with van der Waals surface area (Å²) in [6.45, 7) is 0.803. The number of benzene rings is 3. The Morgan fingerprint density at radius 3 is 2.52 bits per heavy atom. The zero-order valence-corrected chi connectivity index (χ0v) is 17.8. The van der Waals surface area contributed by atoms with Gasteiger partial charge in [0.05, 0.1) is 28.5 Å². The van der Waals surface area contributed by atoms with Gasteiger partial charge >= 0.3 is 0 Å². The number of aromatic nitrogens is 2. The number of hydrogen-bond donors (Lipinski definition) is 0. The number of halogens is 2. The molecule has 31 heavy (non-hydrogen) atoms. The number of imidazole rings is 1. The second-order valence-electron chi connectivity index (χ2n) is 6.98. The lowest BCUT2D eigenvalue weighted by molar-refractivity contribution is 0.174. The van der Waals surface area contributed by atoms with Crippen LogP contribution >= 0.6 is 23.2 Å². The van der Waals surface area contributed by atoms with E-state index in [1.807, 2.05) is 59.3 Å². The van der Waals surface area contributed by atoms with Gasteiger partial charge in [-0.05, 0) is 35.4 Å². The molecule has 0 saturated heterocycles. The first kappa shape index (κ1) is 19.7. The summed E-state index contributed by atoms with van der Waals surface area (Å²) in [7, 11) is 0. The molecule has 0 unspecified atom stereocenters. The summed E-state index contributed by atoms with van der Waals surface area (Å²) in [5.41, 5.74) is 3.71. The molecule has 0 amide bonds. The van der Waals surface area contributed by atoms with E-state index in [2.05, 4.69) is 9.98 Å². The van der Waals surface area contributed by atoms with Crippen LogP contribution in [-0.4, -0.2) is 22.6 Å². The van der Waals surface area contributed by atoms with Gasteiger partial charge in [-0.15, -0.1) is 0 Å². The van der Waals surface area contributed by atoms with Crippen molar-refractivity contribution in [3.63, 3.8) is 0 Å². The van der Waals surface area contributed by atoms with Gasteiger partial charge in [0.2, 0.25) is 12.7 Å². The molecule has 1 aliphatic rings. The number of fused-ring (bicyclic) bond motifs is 1. The van der Waals surface area contributed by atoms with Crippen molar-refractivity contribution < 1.29 is 9.47 Å². The first-order valence-corrected chi connectivity index (χ1v) is 10.4. The van der Waals surface area contributed by atoms with Crippen molar-refractivity contribution in [2.75, 3.05) is 6.79 Å². The van der Waals surface area contributed by atoms with Crippen LogP contribution in [-0.2, 0) is 6.54 Å². The predicted octanol–water partition coefficient (Wildman–Crippen LogP) is 6.38. The molecule has 0 fully saturated rings. The molecule has 5 rings (SSSR count). The van der Waals surface area contributed by atoms with Gasteiger partial charge in [-0.25, -0.2) is 9.98 Å². The summed E-state index contributed by atoms with van der Waals surface area (Å²) in [5, 5.41) is 1.07. The molecule has 4 aromatic rings. The zero-order valence-electron chi connectivity index (χ0n) is 16.3. The summed E-state index contributed by atoms with van der Waals surface area (Å²) in [4.78, 5) is 9.17. The molecule has 1 aromatic heterocycles. The topological polar surface area (TPSA) is 48.6 Å². The maximum absolute atomic E-state index is 6.29.